The van der Waals surface area contributed by atoms with Crippen LogP contribution in [0.4, 0.5) is 24.0 Å². The molecule has 1 heterocycles. The molecule has 628 valence electrons. The number of unbranched alkanes of at least 4 members (excludes halogenated alkanes) is 8. The Morgan fingerprint density at radius 3 is 1.11 bits per heavy atom. The molecule has 0 aliphatic carbocycles. The number of aliphatic hydroxyl groups excluding tert-OH is 2. The van der Waals surface area contributed by atoms with Crippen molar-refractivity contribution in [3.05, 3.63) is 0 Å². The molecule has 0 spiro atoms. The molecule has 33 heteroatoms. The van der Waals surface area contributed by atoms with E-state index < -0.39 is 82.3 Å². The number of nitrogens with two attached hydrogens (primary N) is 1. The van der Waals surface area contributed by atoms with E-state index in [2.05, 4.69) is 68.9 Å². The fraction of sp³-hybridized carbons (Fsp3) is 0.877. The van der Waals surface area contributed by atoms with Gasteiger partial charge >= 0.3 is 103 Å². The summed E-state index contributed by atoms with van der Waals surface area (Å²) in [5, 5.41) is 27.7. The predicted octanol–water partition coefficient (Wildman–Crippen LogP) is 9.53. The van der Waals surface area contributed by atoms with Crippen LogP contribution in [0.5, 0.6) is 0 Å². The van der Waals surface area contributed by atoms with E-state index in [1.165, 1.54) is 44.9 Å². The molecule has 0 bridgehead atoms. The molecule has 3 amide bonds. The topological polar surface area (TPSA) is 367 Å². The number of halogens is 3. The summed E-state index contributed by atoms with van der Waals surface area (Å²) in [5.74, 6) is -2.87. The van der Waals surface area contributed by atoms with Crippen molar-refractivity contribution in [2.45, 2.75) is 310 Å². The molecule has 0 unspecified atom stereocenters. The van der Waals surface area contributed by atoms with Crippen molar-refractivity contribution in [2.75, 3.05) is 89.7 Å². The summed E-state index contributed by atoms with van der Waals surface area (Å²) >= 11 is 6.62. The number of rotatable bonds is 33. The van der Waals surface area contributed by atoms with Crippen molar-refractivity contribution < 1.29 is 161 Å². The third-order valence-electron chi connectivity index (χ3n) is 11.7. The zero-order chi connectivity index (χ0) is 78.5. The second-order valence-electron chi connectivity index (χ2n) is 28.1. The third-order valence-corrected chi connectivity index (χ3v) is 12.8. The Kier molecular flexibility index (Phi) is 97.6. The number of alkyl carbamates (subject to hydrolysis) is 3. The standard InChI is InChI=1S/C16H29NO6.C13H26O2.C12H25NO4.C10H18O5.C9H18BrNO2.C7H12O4.C4H10BrN.2CH4.Al.BrH.Li.Na.5H/c1-6-21-13(18)12(14(19)22-7-2)10-8-9-11-17-15(20)23-16(3,4)5;1-4-5-6-7-8-9-12-10-14-13(2,3)15-11-12;1-12(2,3)17-11(16)13-7-5-4-6-10(8-14)9-15;1-9(2,3)14-7(11)13-8(12)15-10(4,5)6;1-9(2,3)13-8(12)11-7-5-4-6-10;1-3-10-6(8)5-7(9)11-4-2;5-3-1-2-4-6;;;;;;;;;;;/h12H,6-11H2,1-5H3,(H,17,20);12H,4-11H2,1-3H3;10,14-15H,4-9H2,1-3H3,(H,13,16);1-6H3;4-7H2,1-3H3,(H,11,12);3-5H2,1-2H3;1-4,6H2;2*1H4;;1H;;;;;;;/q;;;;;;;;;;;2*+1;;;;2*-1. The average Bonchev–Trinajstić information content (AvgIpc) is 0.889. The minimum Gasteiger partial charge on any atom is -1.00 e. The second kappa shape index (κ2) is 79.4. The monoisotopic (exact) mass is 1750 g/mol. The van der Waals surface area contributed by atoms with Crippen LogP contribution in [0.3, 0.4) is 0 Å². The van der Waals surface area contributed by atoms with Gasteiger partial charge in [0, 0.05) is 55.3 Å². The number of alkyl halides is 2. The molecule has 0 aromatic heterocycles. The molecular formula is C73H152AlBr3LiN4NaO23. The summed E-state index contributed by atoms with van der Waals surface area (Å²) in [6.07, 6.45) is 12.8. The van der Waals surface area contributed by atoms with Crippen molar-refractivity contribution >= 4 is 121 Å². The Hall–Kier alpha value is -2.20. The van der Waals surface area contributed by atoms with Gasteiger partial charge in [0.2, 0.25) is 0 Å². The molecule has 0 aromatic rings. The van der Waals surface area contributed by atoms with E-state index in [1.54, 1.807) is 90.0 Å². The fourth-order valence-electron chi connectivity index (χ4n) is 7.14. The van der Waals surface area contributed by atoms with Gasteiger partial charge in [-0.05, 0) is 210 Å². The number of esters is 4. The van der Waals surface area contributed by atoms with Crippen LogP contribution in [0.15, 0.2) is 0 Å². The number of nitrogens with one attached hydrogen (secondary N) is 3. The van der Waals surface area contributed by atoms with Gasteiger partial charge in [-0.15, -0.1) is 17.0 Å². The van der Waals surface area contributed by atoms with Gasteiger partial charge in [0.1, 0.15) is 34.4 Å². The number of hydrogen-bond acceptors (Lipinski definition) is 24. The summed E-state index contributed by atoms with van der Waals surface area (Å²) < 4.78 is 59.1. The molecule has 1 aliphatic heterocycles. The van der Waals surface area contributed by atoms with Crippen LogP contribution in [0.25, 0.3) is 0 Å². The maximum Gasteiger partial charge on any atom is 1.00 e. The number of carbonyl (C=O) groups excluding carboxylic acids is 9. The number of aliphatic hydroxyl groups is 2. The van der Waals surface area contributed by atoms with E-state index in [9.17, 15) is 43.2 Å². The Balaban J connectivity index is -0.0000000803. The van der Waals surface area contributed by atoms with Gasteiger partial charge in [-0.3, -0.25) is 19.2 Å². The fourth-order valence-corrected chi connectivity index (χ4v) is 7.94. The van der Waals surface area contributed by atoms with E-state index in [1.807, 2.05) is 55.4 Å². The van der Waals surface area contributed by atoms with Crippen molar-refractivity contribution in [1.82, 2.24) is 16.0 Å². The zero-order valence-corrected chi connectivity index (χ0v) is 74.7. The van der Waals surface area contributed by atoms with E-state index in [4.69, 9.17) is 58.6 Å². The molecule has 106 heavy (non-hydrogen) atoms. The van der Waals surface area contributed by atoms with Crippen LogP contribution >= 0.6 is 48.8 Å². The predicted molar refractivity (Wildman–Crippen MR) is 430 cm³/mol. The molecular weight excluding hydrogens is 1600 g/mol. The summed E-state index contributed by atoms with van der Waals surface area (Å²) in [5.41, 5.74) is 2.39. The molecule has 1 saturated heterocycles. The smallest absolute Gasteiger partial charge is 1.00 e. The zero-order valence-electron chi connectivity index (χ0n) is 69.9. The van der Waals surface area contributed by atoms with Gasteiger partial charge in [-0.25, -0.2) is 24.0 Å². The van der Waals surface area contributed by atoms with E-state index in [-0.39, 0.29) is 164 Å². The van der Waals surface area contributed by atoms with Crippen LogP contribution < -0.4 is 70.1 Å². The summed E-state index contributed by atoms with van der Waals surface area (Å²) in [6.45, 7) is 44.6. The molecule has 0 aromatic carbocycles. The third kappa shape index (κ3) is 106. The first-order valence-corrected chi connectivity index (χ1v) is 37.5. The maximum atomic E-state index is 11.8. The number of carbonyl (C=O) groups is 9. The Labute approximate surface area is 715 Å². The van der Waals surface area contributed by atoms with Gasteiger partial charge in [-0.1, -0.05) is 98.6 Å². The summed E-state index contributed by atoms with van der Waals surface area (Å²) in [7, 11) is 0. The summed E-state index contributed by atoms with van der Waals surface area (Å²) in [4.78, 5) is 101. The van der Waals surface area contributed by atoms with E-state index in [0.29, 0.717) is 44.8 Å². The first kappa shape index (κ1) is 130. The van der Waals surface area contributed by atoms with Crippen LogP contribution in [0.2, 0.25) is 0 Å². The molecule has 1 rings (SSSR count). The normalized spacial score (nSPS) is 11.8. The van der Waals surface area contributed by atoms with Crippen LogP contribution in [0.1, 0.15) is 279 Å². The minimum absolute atomic E-state index is 0. The van der Waals surface area contributed by atoms with Gasteiger partial charge in [-0.2, -0.15) is 0 Å². The maximum absolute atomic E-state index is 11.8. The Morgan fingerprint density at radius 1 is 0.500 bits per heavy atom. The van der Waals surface area contributed by atoms with Crippen molar-refractivity contribution in [3.63, 3.8) is 0 Å². The number of ether oxygens (including phenoxy) is 12. The van der Waals surface area contributed by atoms with Crippen LogP contribution in [-0.2, 0) is 76.0 Å². The number of hydrogen-bond donors (Lipinski definition) is 6. The average molecular weight is 1750 g/mol. The molecule has 0 atom stereocenters. The Morgan fingerprint density at radius 2 is 0.821 bits per heavy atom. The van der Waals surface area contributed by atoms with E-state index in [0.717, 1.165) is 68.9 Å². The molecule has 0 saturated carbocycles. The largest absolute Gasteiger partial charge is 1.00 e. The molecule has 0 radical (unpaired) electrons. The SMILES string of the molecule is Br.C.C.CC(C)(C)OC(=O)NCCCCBr.CC(C)(C)OC(=O)NCCCCC(CO)CO.CC(C)(C)OC(=O)OC(=O)OC(C)(C)C.CCCCCCCC1COC(C)(C)OC1.CCOC(=O)C(CCCCNC(=O)OC(C)(C)C)C(=O)OCC.CCOC(=O)CC(=O)OCC.NCCCCBr.[AlH3].[H-].[H-].[Li+].[Na+]. The van der Waals surface area contributed by atoms with E-state index >= 15 is 0 Å². The van der Waals surface area contributed by atoms with Gasteiger partial charge < -0.3 is 91.6 Å². The summed E-state index contributed by atoms with van der Waals surface area (Å²) in [6, 6.07) is 0. The molecule has 1 fully saturated rings. The minimum atomic E-state index is -1.06. The molecule has 7 N–H and O–H groups in total. The van der Waals surface area contributed by atoms with Crippen molar-refractivity contribution in [1.29, 1.82) is 0 Å². The molecule has 1 aliphatic rings. The number of amides is 3. The van der Waals surface area contributed by atoms with Gasteiger partial charge in [0.15, 0.2) is 29.1 Å². The van der Waals surface area contributed by atoms with Crippen LogP contribution in [0, 0.1) is 17.8 Å². The van der Waals surface area contributed by atoms with Gasteiger partial charge in [0.05, 0.1) is 39.6 Å². The Bertz CT molecular complexity index is 2080. The first-order valence-electron chi connectivity index (χ1n) is 35.3. The molecule has 27 nitrogen and oxygen atoms in total. The van der Waals surface area contributed by atoms with Gasteiger partial charge in [0.25, 0.3) is 0 Å². The van der Waals surface area contributed by atoms with Crippen molar-refractivity contribution in [3.8, 4) is 0 Å². The van der Waals surface area contributed by atoms with Crippen molar-refractivity contribution in [2.24, 2.45) is 23.5 Å². The van der Waals surface area contributed by atoms with Crippen LogP contribution in [-0.4, -0.2) is 206 Å². The quantitative estimate of drug-likeness (QED) is 0.00889. The second-order valence-corrected chi connectivity index (χ2v) is 29.6. The first-order chi connectivity index (χ1) is 46.3.